The summed E-state index contributed by atoms with van der Waals surface area (Å²) < 4.78 is 29.8. The van der Waals surface area contributed by atoms with E-state index in [1.165, 1.54) is 13.2 Å². The first-order valence-electron chi connectivity index (χ1n) is 8.46. The molecule has 1 aromatic heterocycles. The number of methoxy groups -OCH3 is 1. The van der Waals surface area contributed by atoms with Gasteiger partial charge in [0.2, 0.25) is 11.7 Å². The van der Waals surface area contributed by atoms with E-state index >= 15 is 0 Å². The molecule has 0 bridgehead atoms. The van der Waals surface area contributed by atoms with Gasteiger partial charge in [-0.05, 0) is 45.7 Å². The fourth-order valence-electron chi connectivity index (χ4n) is 2.93. The Hall–Kier alpha value is -2.64. The highest BCUT2D eigenvalue weighted by Gasteiger charge is 2.36. The van der Waals surface area contributed by atoms with E-state index < -0.39 is 17.5 Å². The number of ether oxygens (including phenoxy) is 2. The van der Waals surface area contributed by atoms with Crippen LogP contribution in [0.1, 0.15) is 45.5 Å². The van der Waals surface area contributed by atoms with Crippen LogP contribution in [0.15, 0.2) is 22.7 Å². The molecular weight excluding hydrogens is 341 g/mol. The van der Waals surface area contributed by atoms with Crippen LogP contribution < -0.4 is 4.74 Å². The number of amides is 1. The molecule has 1 aromatic carbocycles. The molecule has 3 rings (SSSR count). The minimum Gasteiger partial charge on any atom is -0.493 e. The topological polar surface area (TPSA) is 77.7 Å². The van der Waals surface area contributed by atoms with Crippen LogP contribution in [0.5, 0.6) is 5.75 Å². The van der Waals surface area contributed by atoms with Gasteiger partial charge in [0, 0.05) is 6.54 Å². The van der Waals surface area contributed by atoms with Gasteiger partial charge in [-0.3, -0.25) is 4.90 Å². The van der Waals surface area contributed by atoms with Gasteiger partial charge in [-0.25, -0.2) is 9.18 Å². The quantitative estimate of drug-likeness (QED) is 0.821. The number of halogens is 1. The highest BCUT2D eigenvalue weighted by molar-refractivity contribution is 5.69. The molecule has 2 aromatic rings. The first-order valence-corrected chi connectivity index (χ1v) is 8.46. The molecule has 0 saturated carbocycles. The van der Waals surface area contributed by atoms with Gasteiger partial charge in [-0.15, -0.1) is 0 Å². The number of nitrogens with zero attached hydrogens (tertiary/aromatic N) is 3. The van der Waals surface area contributed by atoms with Crippen LogP contribution in [0.2, 0.25) is 0 Å². The van der Waals surface area contributed by atoms with E-state index in [4.69, 9.17) is 14.0 Å². The average Bonchev–Trinajstić information content (AvgIpc) is 3.22. The van der Waals surface area contributed by atoms with Crippen LogP contribution in [0.25, 0.3) is 11.4 Å². The molecule has 0 N–H and O–H groups in total. The van der Waals surface area contributed by atoms with Gasteiger partial charge < -0.3 is 14.0 Å². The summed E-state index contributed by atoms with van der Waals surface area (Å²) in [7, 11) is 1.38. The van der Waals surface area contributed by atoms with Gasteiger partial charge in [0.05, 0.1) is 12.7 Å². The summed E-state index contributed by atoms with van der Waals surface area (Å²) in [6, 6.07) is 4.14. The Labute approximate surface area is 151 Å². The molecule has 1 amide bonds. The summed E-state index contributed by atoms with van der Waals surface area (Å²) in [4.78, 5) is 18.4. The highest BCUT2D eigenvalue weighted by atomic mass is 19.1. The van der Waals surface area contributed by atoms with Crippen LogP contribution in [-0.2, 0) is 4.74 Å². The zero-order valence-corrected chi connectivity index (χ0v) is 15.3. The van der Waals surface area contributed by atoms with Crippen molar-refractivity contribution in [2.75, 3.05) is 13.7 Å². The number of hydrogen-bond acceptors (Lipinski definition) is 6. The Morgan fingerprint density at radius 3 is 2.85 bits per heavy atom. The van der Waals surface area contributed by atoms with E-state index in [1.54, 1.807) is 17.0 Å². The number of carbonyl (C=O) groups excluding carboxylic acids is 1. The maximum atomic E-state index is 13.9. The average molecular weight is 363 g/mol. The lowest BCUT2D eigenvalue weighted by Crippen LogP contribution is -2.36. The second-order valence-electron chi connectivity index (χ2n) is 7.11. The third-order valence-electron chi connectivity index (χ3n) is 4.02. The Bertz CT molecular complexity index is 800. The monoisotopic (exact) mass is 363 g/mol. The third-order valence-corrected chi connectivity index (χ3v) is 4.02. The lowest BCUT2D eigenvalue weighted by atomic mass is 10.2. The van der Waals surface area contributed by atoms with Crippen molar-refractivity contribution in [1.29, 1.82) is 0 Å². The van der Waals surface area contributed by atoms with Gasteiger partial charge in [0.25, 0.3) is 0 Å². The summed E-state index contributed by atoms with van der Waals surface area (Å²) in [5, 5.41) is 3.94. The lowest BCUT2D eigenvalue weighted by Gasteiger charge is -2.26. The van der Waals surface area contributed by atoms with Gasteiger partial charge in [-0.2, -0.15) is 4.98 Å². The third kappa shape index (κ3) is 3.63. The normalized spacial score (nSPS) is 17.4. The van der Waals surface area contributed by atoms with E-state index in [9.17, 15) is 9.18 Å². The molecule has 26 heavy (non-hydrogen) atoms. The first kappa shape index (κ1) is 18.2. The molecule has 0 aliphatic carbocycles. The number of rotatable bonds is 3. The van der Waals surface area contributed by atoms with E-state index in [1.807, 2.05) is 20.8 Å². The summed E-state index contributed by atoms with van der Waals surface area (Å²) >= 11 is 0. The van der Waals surface area contributed by atoms with E-state index in [0.29, 0.717) is 24.4 Å². The smallest absolute Gasteiger partial charge is 0.410 e. The van der Waals surface area contributed by atoms with Crippen LogP contribution in [0, 0.1) is 5.82 Å². The van der Waals surface area contributed by atoms with Gasteiger partial charge in [0.1, 0.15) is 11.6 Å². The fourth-order valence-corrected chi connectivity index (χ4v) is 2.93. The molecule has 1 fully saturated rings. The van der Waals surface area contributed by atoms with Crippen LogP contribution in [-0.4, -0.2) is 40.4 Å². The lowest BCUT2D eigenvalue weighted by molar-refractivity contribution is 0.0199. The fraction of sp³-hybridized carbons (Fsp3) is 0.500. The van der Waals surface area contributed by atoms with Crippen molar-refractivity contribution >= 4 is 6.09 Å². The number of hydrogen-bond donors (Lipinski definition) is 0. The Morgan fingerprint density at radius 2 is 2.15 bits per heavy atom. The maximum absolute atomic E-state index is 13.9. The molecule has 2 heterocycles. The molecule has 7 nitrogen and oxygen atoms in total. The van der Waals surface area contributed by atoms with Crippen molar-refractivity contribution in [3.63, 3.8) is 0 Å². The van der Waals surface area contributed by atoms with Gasteiger partial charge in [-0.1, -0.05) is 11.2 Å². The van der Waals surface area contributed by atoms with E-state index in [2.05, 4.69) is 10.1 Å². The first-order chi connectivity index (χ1) is 12.3. The minimum atomic E-state index is -0.584. The molecule has 1 atom stereocenters. The van der Waals surface area contributed by atoms with Crippen LogP contribution in [0.4, 0.5) is 9.18 Å². The van der Waals surface area contributed by atoms with Crippen LogP contribution in [0.3, 0.4) is 0 Å². The molecule has 8 heteroatoms. The number of para-hydroxylation sites is 1. The number of likely N-dealkylation sites (tertiary alicyclic amines) is 1. The molecule has 0 radical (unpaired) electrons. The van der Waals surface area contributed by atoms with Crippen molar-refractivity contribution in [3.8, 4) is 17.1 Å². The van der Waals surface area contributed by atoms with E-state index in [0.717, 1.165) is 6.42 Å². The second kappa shape index (κ2) is 6.93. The highest BCUT2D eigenvalue weighted by Crippen LogP contribution is 2.35. The van der Waals surface area contributed by atoms with Crippen LogP contribution >= 0.6 is 0 Å². The molecule has 1 aliphatic rings. The van der Waals surface area contributed by atoms with Crippen molar-refractivity contribution in [2.45, 2.75) is 45.3 Å². The van der Waals surface area contributed by atoms with Crippen molar-refractivity contribution in [1.82, 2.24) is 15.0 Å². The Morgan fingerprint density at radius 1 is 1.38 bits per heavy atom. The van der Waals surface area contributed by atoms with E-state index in [-0.39, 0.29) is 17.6 Å². The summed E-state index contributed by atoms with van der Waals surface area (Å²) in [6.07, 6.45) is 1.09. The number of aromatic nitrogens is 2. The standard InChI is InChI=1S/C18H22FN3O4/c1-18(2,3)25-17(23)22-10-6-9-13(22)16-20-15(21-26-16)11-7-5-8-12(19)14(11)24-4/h5,7-8,13H,6,9-10H2,1-4H3/t13-/m0/s1. The zero-order chi connectivity index (χ0) is 18.9. The van der Waals surface area contributed by atoms with Gasteiger partial charge >= 0.3 is 6.09 Å². The molecule has 140 valence electrons. The number of benzene rings is 1. The van der Waals surface area contributed by atoms with Gasteiger partial charge in [0.15, 0.2) is 11.6 Å². The summed E-state index contributed by atoms with van der Waals surface area (Å²) in [5.41, 5.74) is -0.191. The SMILES string of the molecule is COc1c(F)cccc1-c1noc([C@@H]2CCCN2C(=O)OC(C)(C)C)n1. The summed E-state index contributed by atoms with van der Waals surface area (Å²) in [6.45, 7) is 6.01. The van der Waals surface area contributed by atoms with Crippen molar-refractivity contribution in [2.24, 2.45) is 0 Å². The predicted molar refractivity (Wildman–Crippen MR) is 91.2 cm³/mol. The zero-order valence-electron chi connectivity index (χ0n) is 15.3. The van der Waals surface area contributed by atoms with Crippen molar-refractivity contribution in [3.05, 3.63) is 29.9 Å². The largest absolute Gasteiger partial charge is 0.493 e. The number of carbonyl (C=O) groups is 1. The maximum Gasteiger partial charge on any atom is 0.410 e. The summed E-state index contributed by atoms with van der Waals surface area (Å²) in [5.74, 6) is 0.0601. The van der Waals surface area contributed by atoms with Crippen molar-refractivity contribution < 1.29 is 23.2 Å². The molecule has 1 saturated heterocycles. The minimum absolute atomic E-state index is 0.0512. The molecular formula is C18H22FN3O4. The molecule has 0 spiro atoms. The second-order valence-corrected chi connectivity index (χ2v) is 7.11. The molecule has 0 unspecified atom stereocenters. The predicted octanol–water partition coefficient (Wildman–Crippen LogP) is 3.96. The Kier molecular flexibility index (Phi) is 4.84. The molecule has 1 aliphatic heterocycles. The Balaban J connectivity index is 1.85.